The topological polar surface area (TPSA) is 78.3 Å². The third-order valence-corrected chi connectivity index (χ3v) is 5.38. The van der Waals surface area contributed by atoms with Crippen molar-refractivity contribution in [3.05, 3.63) is 24.3 Å². The standard InChI is InChI=1S/C19H24N4O2/c24-19(25)13-7-9-14(10-8-13)20-17-18(23-11-3-4-12-23)22-16-6-2-1-5-15(16)21-17/h1-2,5-6,13-14H,3-4,7-12H2,(H,20,21)(H,24,25). The number of hydrogen-bond acceptors (Lipinski definition) is 5. The zero-order chi connectivity index (χ0) is 17.2. The number of nitrogens with zero attached hydrogens (tertiary/aromatic N) is 3. The molecule has 0 radical (unpaired) electrons. The quantitative estimate of drug-likeness (QED) is 0.889. The second-order valence-corrected chi connectivity index (χ2v) is 7.11. The Hall–Kier alpha value is -2.37. The minimum Gasteiger partial charge on any atom is -0.481 e. The van der Waals surface area contributed by atoms with Crippen molar-refractivity contribution in [3.8, 4) is 0 Å². The number of hydrogen-bond donors (Lipinski definition) is 2. The van der Waals surface area contributed by atoms with Gasteiger partial charge in [-0.15, -0.1) is 0 Å². The molecule has 1 aromatic carbocycles. The Kier molecular flexibility index (Phi) is 4.42. The monoisotopic (exact) mass is 340 g/mol. The number of carbonyl (C=O) groups is 1. The molecule has 2 fully saturated rings. The molecule has 1 aliphatic carbocycles. The molecule has 25 heavy (non-hydrogen) atoms. The number of aliphatic carboxylic acids is 1. The van der Waals surface area contributed by atoms with Gasteiger partial charge < -0.3 is 15.3 Å². The molecule has 0 atom stereocenters. The maximum Gasteiger partial charge on any atom is 0.306 e. The fourth-order valence-electron chi connectivity index (χ4n) is 3.92. The molecule has 0 spiro atoms. The van der Waals surface area contributed by atoms with E-state index in [0.717, 1.165) is 61.4 Å². The number of rotatable bonds is 4. The fraction of sp³-hybridized carbons (Fsp3) is 0.526. The van der Waals surface area contributed by atoms with Crippen LogP contribution in [0.5, 0.6) is 0 Å². The molecule has 1 saturated carbocycles. The van der Waals surface area contributed by atoms with Gasteiger partial charge in [0.05, 0.1) is 17.0 Å². The van der Waals surface area contributed by atoms with Crippen molar-refractivity contribution in [3.63, 3.8) is 0 Å². The highest BCUT2D eigenvalue weighted by molar-refractivity contribution is 5.80. The lowest BCUT2D eigenvalue weighted by molar-refractivity contribution is -0.142. The Morgan fingerprint density at radius 3 is 2.32 bits per heavy atom. The average molecular weight is 340 g/mol. The van der Waals surface area contributed by atoms with Crippen molar-refractivity contribution in [2.75, 3.05) is 23.3 Å². The smallest absolute Gasteiger partial charge is 0.306 e. The molecule has 0 bridgehead atoms. The van der Waals surface area contributed by atoms with Gasteiger partial charge in [0.1, 0.15) is 0 Å². The first-order valence-corrected chi connectivity index (χ1v) is 9.22. The third-order valence-electron chi connectivity index (χ3n) is 5.38. The lowest BCUT2D eigenvalue weighted by Crippen LogP contribution is -2.31. The molecule has 0 amide bonds. The van der Waals surface area contributed by atoms with Crippen LogP contribution >= 0.6 is 0 Å². The maximum atomic E-state index is 11.1. The van der Waals surface area contributed by atoms with Gasteiger partial charge >= 0.3 is 5.97 Å². The van der Waals surface area contributed by atoms with Gasteiger partial charge in [0, 0.05) is 19.1 Å². The summed E-state index contributed by atoms with van der Waals surface area (Å²) in [7, 11) is 0. The summed E-state index contributed by atoms with van der Waals surface area (Å²) in [5.41, 5.74) is 1.82. The predicted octanol–water partition coefficient (Wildman–Crippen LogP) is 3.29. The highest BCUT2D eigenvalue weighted by atomic mass is 16.4. The number of aromatic nitrogens is 2. The summed E-state index contributed by atoms with van der Waals surface area (Å²) in [5, 5.41) is 12.7. The number of carboxylic acid groups (broad SMARTS) is 1. The van der Waals surface area contributed by atoms with Crippen molar-refractivity contribution >= 4 is 28.6 Å². The Morgan fingerprint density at radius 2 is 1.68 bits per heavy atom. The van der Waals surface area contributed by atoms with Gasteiger partial charge in [0.2, 0.25) is 0 Å². The molecule has 1 saturated heterocycles. The number of carboxylic acids is 1. The third kappa shape index (κ3) is 3.38. The SMILES string of the molecule is O=C(O)C1CCC(Nc2nc3ccccc3nc2N2CCCC2)CC1. The van der Waals surface area contributed by atoms with E-state index in [1.54, 1.807) is 0 Å². The zero-order valence-electron chi connectivity index (χ0n) is 14.3. The number of para-hydroxylation sites is 2. The van der Waals surface area contributed by atoms with E-state index in [1.165, 1.54) is 12.8 Å². The first-order chi connectivity index (χ1) is 12.2. The van der Waals surface area contributed by atoms with Crippen LogP contribution in [0.2, 0.25) is 0 Å². The number of anilines is 2. The number of benzene rings is 1. The number of fused-ring (bicyclic) bond motifs is 1. The lowest BCUT2D eigenvalue weighted by Gasteiger charge is -2.29. The summed E-state index contributed by atoms with van der Waals surface area (Å²) in [6.07, 6.45) is 5.57. The van der Waals surface area contributed by atoms with Crippen LogP contribution in [0.1, 0.15) is 38.5 Å². The van der Waals surface area contributed by atoms with Crippen LogP contribution in [-0.4, -0.2) is 40.2 Å². The van der Waals surface area contributed by atoms with Gasteiger partial charge in [-0.2, -0.15) is 0 Å². The van der Waals surface area contributed by atoms with Crippen LogP contribution in [0.3, 0.4) is 0 Å². The van der Waals surface area contributed by atoms with E-state index in [9.17, 15) is 9.90 Å². The van der Waals surface area contributed by atoms with Crippen LogP contribution < -0.4 is 10.2 Å². The second kappa shape index (κ2) is 6.86. The number of nitrogens with one attached hydrogen (secondary N) is 1. The molecule has 2 heterocycles. The summed E-state index contributed by atoms with van der Waals surface area (Å²) in [6, 6.07) is 8.23. The van der Waals surface area contributed by atoms with Crippen LogP contribution in [0.4, 0.5) is 11.6 Å². The molecule has 0 unspecified atom stereocenters. The largest absolute Gasteiger partial charge is 0.481 e. The summed E-state index contributed by atoms with van der Waals surface area (Å²) in [6.45, 7) is 2.04. The summed E-state index contributed by atoms with van der Waals surface area (Å²) in [4.78, 5) is 23.2. The van der Waals surface area contributed by atoms with E-state index in [0.29, 0.717) is 0 Å². The van der Waals surface area contributed by atoms with Crippen LogP contribution in [0.25, 0.3) is 11.0 Å². The molecule has 4 rings (SSSR count). The maximum absolute atomic E-state index is 11.1. The molecule has 2 N–H and O–H groups in total. The molecule has 2 aliphatic rings. The summed E-state index contributed by atoms with van der Waals surface area (Å²) < 4.78 is 0. The van der Waals surface area contributed by atoms with Crippen molar-refractivity contribution in [2.24, 2.45) is 5.92 Å². The van der Waals surface area contributed by atoms with E-state index in [-0.39, 0.29) is 12.0 Å². The van der Waals surface area contributed by atoms with E-state index >= 15 is 0 Å². The lowest BCUT2D eigenvalue weighted by atomic mass is 9.86. The van der Waals surface area contributed by atoms with Crippen LogP contribution in [-0.2, 0) is 4.79 Å². The summed E-state index contributed by atoms with van der Waals surface area (Å²) >= 11 is 0. The molecular weight excluding hydrogens is 316 g/mol. The second-order valence-electron chi connectivity index (χ2n) is 7.11. The first kappa shape index (κ1) is 16.1. The molecule has 1 aromatic heterocycles. The van der Waals surface area contributed by atoms with Gasteiger partial charge in [-0.05, 0) is 50.7 Å². The van der Waals surface area contributed by atoms with Gasteiger partial charge in [-0.25, -0.2) is 9.97 Å². The van der Waals surface area contributed by atoms with Crippen molar-refractivity contribution in [1.82, 2.24) is 9.97 Å². The van der Waals surface area contributed by atoms with E-state index in [2.05, 4.69) is 10.2 Å². The normalized spacial score (nSPS) is 23.8. The zero-order valence-corrected chi connectivity index (χ0v) is 14.3. The van der Waals surface area contributed by atoms with Crippen LogP contribution in [0.15, 0.2) is 24.3 Å². The minimum absolute atomic E-state index is 0.196. The van der Waals surface area contributed by atoms with Crippen molar-refractivity contribution < 1.29 is 9.90 Å². The van der Waals surface area contributed by atoms with E-state index in [1.807, 2.05) is 24.3 Å². The molecule has 1 aliphatic heterocycles. The predicted molar refractivity (Wildman–Crippen MR) is 98.0 cm³/mol. The van der Waals surface area contributed by atoms with Gasteiger partial charge in [-0.3, -0.25) is 4.79 Å². The highest BCUT2D eigenvalue weighted by Crippen LogP contribution is 2.31. The van der Waals surface area contributed by atoms with Gasteiger partial charge in [-0.1, -0.05) is 12.1 Å². The Balaban J connectivity index is 1.59. The Morgan fingerprint density at radius 1 is 1.04 bits per heavy atom. The van der Waals surface area contributed by atoms with Crippen molar-refractivity contribution in [1.29, 1.82) is 0 Å². The molecular formula is C19H24N4O2. The molecule has 2 aromatic rings. The fourth-order valence-corrected chi connectivity index (χ4v) is 3.92. The van der Waals surface area contributed by atoms with Crippen LogP contribution in [0, 0.1) is 5.92 Å². The van der Waals surface area contributed by atoms with Gasteiger partial charge in [0.15, 0.2) is 11.6 Å². The first-order valence-electron chi connectivity index (χ1n) is 9.22. The van der Waals surface area contributed by atoms with Crippen molar-refractivity contribution in [2.45, 2.75) is 44.6 Å². The van der Waals surface area contributed by atoms with Gasteiger partial charge in [0.25, 0.3) is 0 Å². The molecule has 132 valence electrons. The van der Waals surface area contributed by atoms with E-state index < -0.39 is 5.97 Å². The molecule has 6 heteroatoms. The highest BCUT2D eigenvalue weighted by Gasteiger charge is 2.27. The average Bonchev–Trinajstić information content (AvgIpc) is 3.16. The molecule has 6 nitrogen and oxygen atoms in total. The minimum atomic E-state index is -0.665. The Bertz CT molecular complexity index is 765. The Labute approximate surface area is 147 Å². The van der Waals surface area contributed by atoms with E-state index in [4.69, 9.17) is 9.97 Å². The summed E-state index contributed by atoms with van der Waals surface area (Å²) in [5.74, 6) is 0.927.